The Hall–Kier alpha value is -1.82. The number of hydrogen-bond acceptors (Lipinski definition) is 4. The van der Waals surface area contributed by atoms with E-state index >= 15 is 0 Å². The fourth-order valence-electron chi connectivity index (χ4n) is 2.32. The molecule has 1 aromatic carbocycles. The Balaban J connectivity index is 2.34. The third-order valence-corrected chi connectivity index (χ3v) is 3.47. The first-order valence-corrected chi connectivity index (χ1v) is 6.51. The number of nitrogens with zero attached hydrogens (tertiary/aromatic N) is 1. The quantitative estimate of drug-likeness (QED) is 0.907. The van der Waals surface area contributed by atoms with Crippen molar-refractivity contribution in [1.29, 1.82) is 0 Å². The Morgan fingerprint density at radius 2 is 2.00 bits per heavy atom. The van der Waals surface area contributed by atoms with Crippen molar-refractivity contribution >= 4 is 5.91 Å². The van der Waals surface area contributed by atoms with Crippen LogP contribution in [0.1, 0.15) is 17.3 Å². The van der Waals surface area contributed by atoms with Crippen molar-refractivity contribution < 1.29 is 18.7 Å². The number of rotatable bonds is 3. The highest BCUT2D eigenvalue weighted by Crippen LogP contribution is 2.30. The molecule has 1 aliphatic rings. The van der Waals surface area contributed by atoms with E-state index in [2.05, 4.69) is 5.32 Å². The van der Waals surface area contributed by atoms with Gasteiger partial charge in [0.05, 0.1) is 19.8 Å². The summed E-state index contributed by atoms with van der Waals surface area (Å²) < 4.78 is 24.2. The van der Waals surface area contributed by atoms with E-state index in [0.29, 0.717) is 25.4 Å². The maximum absolute atomic E-state index is 14.1. The van der Waals surface area contributed by atoms with Crippen LogP contribution in [0.15, 0.2) is 12.1 Å². The van der Waals surface area contributed by atoms with Gasteiger partial charge in [-0.3, -0.25) is 4.79 Å². The van der Waals surface area contributed by atoms with Crippen molar-refractivity contribution in [3.05, 3.63) is 23.5 Å². The van der Waals surface area contributed by atoms with Crippen LogP contribution in [0.25, 0.3) is 0 Å². The first-order valence-electron chi connectivity index (χ1n) is 6.51. The van der Waals surface area contributed by atoms with Gasteiger partial charge in [-0.15, -0.1) is 0 Å². The molecule has 110 valence electrons. The summed E-state index contributed by atoms with van der Waals surface area (Å²) >= 11 is 0. The van der Waals surface area contributed by atoms with E-state index in [1.165, 1.54) is 26.4 Å². The molecule has 1 fully saturated rings. The highest BCUT2D eigenvalue weighted by molar-refractivity contribution is 5.95. The minimum atomic E-state index is -0.599. The van der Waals surface area contributed by atoms with Gasteiger partial charge in [0.1, 0.15) is 5.82 Å². The predicted molar refractivity (Wildman–Crippen MR) is 72.9 cm³/mol. The van der Waals surface area contributed by atoms with Crippen LogP contribution in [0.3, 0.4) is 0 Å². The van der Waals surface area contributed by atoms with Crippen LogP contribution in [-0.4, -0.2) is 50.7 Å². The van der Waals surface area contributed by atoms with Crippen LogP contribution >= 0.6 is 0 Å². The third kappa shape index (κ3) is 2.70. The molecule has 5 nitrogen and oxygen atoms in total. The summed E-state index contributed by atoms with van der Waals surface area (Å²) in [6, 6.07) is 2.60. The molecule has 0 spiro atoms. The van der Waals surface area contributed by atoms with Crippen LogP contribution in [0.2, 0.25) is 0 Å². The highest BCUT2D eigenvalue weighted by atomic mass is 19.1. The SMILES string of the molecule is COc1cc(F)c(C(=O)N2CCNC[C@@H]2C)cc1OC. The normalized spacial score (nSPS) is 18.8. The molecule has 0 bridgehead atoms. The van der Waals surface area contributed by atoms with Crippen LogP contribution < -0.4 is 14.8 Å². The topological polar surface area (TPSA) is 50.8 Å². The molecule has 2 rings (SSSR count). The van der Waals surface area contributed by atoms with Crippen molar-refractivity contribution in [1.82, 2.24) is 10.2 Å². The summed E-state index contributed by atoms with van der Waals surface area (Å²) in [6.45, 7) is 3.92. The monoisotopic (exact) mass is 282 g/mol. The molecule has 1 heterocycles. The molecule has 1 amide bonds. The van der Waals surface area contributed by atoms with Crippen LogP contribution in [0, 0.1) is 5.82 Å². The van der Waals surface area contributed by atoms with Gasteiger partial charge in [-0.05, 0) is 13.0 Å². The predicted octanol–water partition coefficient (Wildman–Crippen LogP) is 1.28. The zero-order valence-corrected chi connectivity index (χ0v) is 11.9. The van der Waals surface area contributed by atoms with Crippen molar-refractivity contribution in [2.24, 2.45) is 0 Å². The molecule has 6 heteroatoms. The summed E-state index contributed by atoms with van der Waals surface area (Å²) in [7, 11) is 2.88. The second-order valence-electron chi connectivity index (χ2n) is 4.74. The van der Waals surface area contributed by atoms with Gasteiger partial charge in [0.25, 0.3) is 5.91 Å². The number of piperazine rings is 1. The Morgan fingerprint density at radius 3 is 2.60 bits per heavy atom. The Bertz CT molecular complexity index is 507. The number of methoxy groups -OCH3 is 2. The lowest BCUT2D eigenvalue weighted by Crippen LogP contribution is -2.52. The Labute approximate surface area is 117 Å². The van der Waals surface area contributed by atoms with Gasteiger partial charge in [0, 0.05) is 31.7 Å². The standard InChI is InChI=1S/C14H19FN2O3/c1-9-8-16-4-5-17(9)14(18)10-6-12(19-2)13(20-3)7-11(10)15/h6-7,9,16H,4-5,8H2,1-3H3/t9-/m0/s1. The van der Waals surface area contributed by atoms with Crippen molar-refractivity contribution in [3.8, 4) is 11.5 Å². The van der Waals surface area contributed by atoms with E-state index in [9.17, 15) is 9.18 Å². The first-order chi connectivity index (χ1) is 9.58. The summed E-state index contributed by atoms with van der Waals surface area (Å²) in [6.07, 6.45) is 0. The molecule has 1 N–H and O–H groups in total. The number of amides is 1. The lowest BCUT2D eigenvalue weighted by atomic mass is 10.1. The number of carbonyl (C=O) groups is 1. The third-order valence-electron chi connectivity index (χ3n) is 3.47. The molecule has 1 saturated heterocycles. The Morgan fingerprint density at radius 1 is 1.35 bits per heavy atom. The molecule has 1 aromatic rings. The molecule has 20 heavy (non-hydrogen) atoms. The van der Waals surface area contributed by atoms with E-state index in [0.717, 1.165) is 0 Å². The summed E-state index contributed by atoms with van der Waals surface area (Å²) in [4.78, 5) is 14.1. The minimum Gasteiger partial charge on any atom is -0.493 e. The minimum absolute atomic E-state index is 0.0106. The Kier molecular flexibility index (Phi) is 4.44. The second-order valence-corrected chi connectivity index (χ2v) is 4.74. The van der Waals surface area contributed by atoms with E-state index in [-0.39, 0.29) is 23.3 Å². The zero-order valence-electron chi connectivity index (χ0n) is 11.9. The molecule has 1 atom stereocenters. The van der Waals surface area contributed by atoms with Crippen LogP contribution in [0.5, 0.6) is 11.5 Å². The molecule has 0 unspecified atom stereocenters. The van der Waals surface area contributed by atoms with Gasteiger partial charge >= 0.3 is 0 Å². The average molecular weight is 282 g/mol. The fraction of sp³-hybridized carbons (Fsp3) is 0.500. The van der Waals surface area contributed by atoms with Gasteiger partial charge in [-0.1, -0.05) is 0 Å². The summed E-state index contributed by atoms with van der Waals surface area (Å²) in [5.74, 6) is -0.300. The lowest BCUT2D eigenvalue weighted by molar-refractivity contribution is 0.0650. The van der Waals surface area contributed by atoms with Gasteiger partial charge in [0.2, 0.25) is 0 Å². The van der Waals surface area contributed by atoms with Crippen molar-refractivity contribution in [2.45, 2.75) is 13.0 Å². The lowest BCUT2D eigenvalue weighted by Gasteiger charge is -2.34. The smallest absolute Gasteiger partial charge is 0.257 e. The molecule has 0 aliphatic carbocycles. The molecule has 0 saturated carbocycles. The van der Waals surface area contributed by atoms with Gasteiger partial charge in [-0.2, -0.15) is 0 Å². The maximum Gasteiger partial charge on any atom is 0.257 e. The van der Waals surface area contributed by atoms with E-state index in [4.69, 9.17) is 9.47 Å². The number of hydrogen-bond donors (Lipinski definition) is 1. The number of halogens is 1. The van der Waals surface area contributed by atoms with Gasteiger partial charge < -0.3 is 19.7 Å². The fourth-order valence-corrected chi connectivity index (χ4v) is 2.32. The first kappa shape index (κ1) is 14.6. The van der Waals surface area contributed by atoms with Crippen LogP contribution in [-0.2, 0) is 0 Å². The van der Waals surface area contributed by atoms with Gasteiger partial charge in [0.15, 0.2) is 11.5 Å². The largest absolute Gasteiger partial charge is 0.493 e. The molecule has 0 aromatic heterocycles. The molecule has 0 radical (unpaired) electrons. The van der Waals surface area contributed by atoms with E-state index in [1.807, 2.05) is 6.92 Å². The molecular formula is C14H19FN2O3. The molecular weight excluding hydrogens is 263 g/mol. The maximum atomic E-state index is 14.1. The number of ether oxygens (including phenoxy) is 2. The summed E-state index contributed by atoms with van der Waals surface area (Å²) in [5.41, 5.74) is 0.0106. The highest BCUT2D eigenvalue weighted by Gasteiger charge is 2.27. The number of carbonyl (C=O) groups excluding carboxylic acids is 1. The number of benzene rings is 1. The van der Waals surface area contributed by atoms with Crippen molar-refractivity contribution in [2.75, 3.05) is 33.9 Å². The van der Waals surface area contributed by atoms with Crippen molar-refractivity contribution in [3.63, 3.8) is 0 Å². The second kappa shape index (κ2) is 6.09. The average Bonchev–Trinajstić information content (AvgIpc) is 2.46. The number of nitrogens with one attached hydrogen (secondary N) is 1. The zero-order chi connectivity index (χ0) is 14.7. The van der Waals surface area contributed by atoms with Crippen LogP contribution in [0.4, 0.5) is 4.39 Å². The van der Waals surface area contributed by atoms with E-state index < -0.39 is 5.82 Å². The molecule has 1 aliphatic heterocycles. The van der Waals surface area contributed by atoms with E-state index in [1.54, 1.807) is 4.90 Å². The van der Waals surface area contributed by atoms with Gasteiger partial charge in [-0.25, -0.2) is 4.39 Å². The summed E-state index contributed by atoms with van der Waals surface area (Å²) in [5, 5.41) is 3.19.